The molecule has 1 aromatic rings. The molecule has 90 valence electrons. The van der Waals surface area contributed by atoms with Crippen molar-refractivity contribution in [1.82, 2.24) is 10.3 Å². The van der Waals surface area contributed by atoms with Crippen LogP contribution in [0.15, 0.2) is 18.5 Å². The molecule has 0 fully saturated rings. The van der Waals surface area contributed by atoms with Crippen molar-refractivity contribution in [2.24, 2.45) is 5.92 Å². The normalized spacial score (nSPS) is 13.1. The zero-order chi connectivity index (χ0) is 12.0. The Morgan fingerprint density at radius 3 is 2.62 bits per heavy atom. The van der Waals surface area contributed by atoms with Crippen LogP contribution in [0.4, 0.5) is 4.39 Å². The van der Waals surface area contributed by atoms with Crippen LogP contribution in [0.2, 0.25) is 0 Å². The average Bonchev–Trinajstić information content (AvgIpc) is 2.24. The topological polar surface area (TPSA) is 24.9 Å². The number of nitrogens with zero attached hydrogens (tertiary/aromatic N) is 1. The third-order valence-electron chi connectivity index (χ3n) is 2.61. The number of aromatic nitrogens is 1. The Bertz CT molecular complexity index is 313. The highest BCUT2D eigenvalue weighted by atomic mass is 19.1. The maximum atomic E-state index is 13.1. The quantitative estimate of drug-likeness (QED) is 0.802. The number of hydrogen-bond acceptors (Lipinski definition) is 2. The molecule has 0 aromatic carbocycles. The number of rotatable bonds is 6. The van der Waals surface area contributed by atoms with Crippen molar-refractivity contribution in [1.29, 1.82) is 0 Å². The van der Waals surface area contributed by atoms with Crippen LogP contribution in [-0.4, -0.2) is 11.5 Å². The van der Waals surface area contributed by atoms with Gasteiger partial charge in [-0.25, -0.2) is 4.39 Å². The van der Waals surface area contributed by atoms with Crippen LogP contribution in [0.25, 0.3) is 0 Å². The second-order valence-corrected chi connectivity index (χ2v) is 4.52. The van der Waals surface area contributed by atoms with E-state index in [4.69, 9.17) is 0 Å². The van der Waals surface area contributed by atoms with Crippen LogP contribution >= 0.6 is 0 Å². The first-order valence-corrected chi connectivity index (χ1v) is 5.97. The second-order valence-electron chi connectivity index (χ2n) is 4.52. The zero-order valence-electron chi connectivity index (χ0n) is 10.3. The Labute approximate surface area is 97.3 Å². The molecule has 1 atom stereocenters. The van der Waals surface area contributed by atoms with Crippen LogP contribution in [-0.2, 0) is 0 Å². The first kappa shape index (κ1) is 13.1. The molecule has 0 aliphatic rings. The third kappa shape index (κ3) is 4.27. The van der Waals surface area contributed by atoms with E-state index in [1.807, 2.05) is 0 Å². The van der Waals surface area contributed by atoms with Crippen molar-refractivity contribution < 1.29 is 4.39 Å². The van der Waals surface area contributed by atoms with Crippen molar-refractivity contribution >= 4 is 0 Å². The van der Waals surface area contributed by atoms with Gasteiger partial charge in [0.1, 0.15) is 5.82 Å². The van der Waals surface area contributed by atoms with Crippen LogP contribution in [0.5, 0.6) is 0 Å². The van der Waals surface area contributed by atoms with Crippen molar-refractivity contribution in [2.75, 3.05) is 6.54 Å². The summed E-state index contributed by atoms with van der Waals surface area (Å²) in [6, 6.07) is 1.79. The molecule has 0 bridgehead atoms. The predicted octanol–water partition coefficient (Wildman–Crippen LogP) is 3.31. The van der Waals surface area contributed by atoms with Gasteiger partial charge >= 0.3 is 0 Å². The molecule has 0 saturated carbocycles. The van der Waals surface area contributed by atoms with E-state index in [1.54, 1.807) is 12.3 Å². The van der Waals surface area contributed by atoms with Gasteiger partial charge < -0.3 is 5.32 Å². The van der Waals surface area contributed by atoms with Gasteiger partial charge in [-0.1, -0.05) is 20.8 Å². The van der Waals surface area contributed by atoms with E-state index in [0.717, 1.165) is 24.9 Å². The summed E-state index contributed by atoms with van der Waals surface area (Å²) in [6.07, 6.45) is 5.15. The van der Waals surface area contributed by atoms with E-state index in [-0.39, 0.29) is 11.9 Å². The van der Waals surface area contributed by atoms with Gasteiger partial charge in [0, 0.05) is 12.2 Å². The lowest BCUT2D eigenvalue weighted by molar-refractivity contribution is 0.446. The van der Waals surface area contributed by atoms with E-state index in [1.165, 1.54) is 6.20 Å². The molecule has 1 aromatic heterocycles. The molecule has 1 unspecified atom stereocenters. The lowest BCUT2D eigenvalue weighted by Crippen LogP contribution is -2.21. The highest BCUT2D eigenvalue weighted by molar-refractivity contribution is 5.15. The van der Waals surface area contributed by atoms with Gasteiger partial charge in [0.15, 0.2) is 0 Å². The maximum Gasteiger partial charge on any atom is 0.141 e. The number of pyridine rings is 1. The lowest BCUT2D eigenvalue weighted by Gasteiger charge is -2.19. The summed E-state index contributed by atoms with van der Waals surface area (Å²) >= 11 is 0. The predicted molar refractivity (Wildman–Crippen MR) is 64.7 cm³/mol. The minimum absolute atomic E-state index is 0.218. The summed E-state index contributed by atoms with van der Waals surface area (Å²) < 4.78 is 13.1. The number of nitrogens with one attached hydrogen (secondary N) is 1. The highest BCUT2D eigenvalue weighted by Crippen LogP contribution is 2.20. The monoisotopic (exact) mass is 224 g/mol. The van der Waals surface area contributed by atoms with E-state index >= 15 is 0 Å². The van der Waals surface area contributed by atoms with Crippen molar-refractivity contribution in [3.8, 4) is 0 Å². The molecule has 3 heteroatoms. The largest absolute Gasteiger partial charge is 0.310 e. The molecule has 1 heterocycles. The highest BCUT2D eigenvalue weighted by Gasteiger charge is 2.11. The summed E-state index contributed by atoms with van der Waals surface area (Å²) in [5.41, 5.74) is 0.947. The molecule has 16 heavy (non-hydrogen) atoms. The van der Waals surface area contributed by atoms with E-state index in [9.17, 15) is 4.39 Å². The van der Waals surface area contributed by atoms with Crippen LogP contribution in [0.3, 0.4) is 0 Å². The second kappa shape index (κ2) is 6.59. The Morgan fingerprint density at radius 1 is 1.31 bits per heavy atom. The molecule has 0 saturated heterocycles. The maximum absolute atomic E-state index is 13.1. The van der Waals surface area contributed by atoms with Crippen molar-refractivity contribution in [3.63, 3.8) is 0 Å². The van der Waals surface area contributed by atoms with Gasteiger partial charge in [-0.05, 0) is 36.9 Å². The Kier molecular flexibility index (Phi) is 5.39. The minimum atomic E-state index is -0.259. The molecule has 1 N–H and O–H groups in total. The van der Waals surface area contributed by atoms with Crippen LogP contribution in [0.1, 0.15) is 45.2 Å². The summed E-state index contributed by atoms with van der Waals surface area (Å²) in [7, 11) is 0. The van der Waals surface area contributed by atoms with Crippen molar-refractivity contribution in [3.05, 3.63) is 29.8 Å². The van der Waals surface area contributed by atoms with Crippen LogP contribution < -0.4 is 5.32 Å². The van der Waals surface area contributed by atoms with Gasteiger partial charge in [-0.3, -0.25) is 4.98 Å². The zero-order valence-corrected chi connectivity index (χ0v) is 10.3. The van der Waals surface area contributed by atoms with E-state index in [2.05, 4.69) is 31.1 Å². The first-order chi connectivity index (χ1) is 7.63. The molecule has 0 spiro atoms. The van der Waals surface area contributed by atoms with E-state index in [0.29, 0.717) is 5.92 Å². The minimum Gasteiger partial charge on any atom is -0.310 e. The van der Waals surface area contributed by atoms with Gasteiger partial charge in [-0.15, -0.1) is 0 Å². The molecule has 1 rings (SSSR count). The standard InChI is InChI=1S/C13H21FN2/c1-4-16-13(6-5-10(2)3)11-7-12(14)9-15-8-11/h7-10,13,16H,4-6H2,1-3H3. The van der Waals surface area contributed by atoms with Gasteiger partial charge in [0.25, 0.3) is 0 Å². The SMILES string of the molecule is CCNC(CCC(C)C)c1cncc(F)c1. The first-order valence-electron chi connectivity index (χ1n) is 5.97. The molecule has 2 nitrogen and oxygen atoms in total. The fraction of sp³-hybridized carbons (Fsp3) is 0.615. The smallest absolute Gasteiger partial charge is 0.141 e. The fourth-order valence-corrected chi connectivity index (χ4v) is 1.75. The average molecular weight is 224 g/mol. The fourth-order valence-electron chi connectivity index (χ4n) is 1.75. The Morgan fingerprint density at radius 2 is 2.06 bits per heavy atom. The van der Waals surface area contributed by atoms with Crippen LogP contribution in [0, 0.1) is 11.7 Å². The van der Waals surface area contributed by atoms with Gasteiger partial charge in [-0.2, -0.15) is 0 Å². The Hall–Kier alpha value is -0.960. The molecule has 0 aliphatic carbocycles. The molecule has 0 amide bonds. The van der Waals surface area contributed by atoms with Gasteiger partial charge in [0.05, 0.1) is 6.20 Å². The molecule has 0 aliphatic heterocycles. The van der Waals surface area contributed by atoms with Gasteiger partial charge in [0.2, 0.25) is 0 Å². The molecule has 0 radical (unpaired) electrons. The summed E-state index contributed by atoms with van der Waals surface area (Å²) in [4.78, 5) is 3.90. The third-order valence-corrected chi connectivity index (χ3v) is 2.61. The van der Waals surface area contributed by atoms with Crippen molar-refractivity contribution in [2.45, 2.75) is 39.7 Å². The molecular formula is C13H21FN2. The lowest BCUT2D eigenvalue weighted by atomic mass is 9.99. The summed E-state index contributed by atoms with van der Waals surface area (Å²) in [5, 5.41) is 3.37. The number of hydrogen-bond donors (Lipinski definition) is 1. The Balaban J connectivity index is 2.68. The molecular weight excluding hydrogens is 203 g/mol. The number of halogens is 1. The summed E-state index contributed by atoms with van der Waals surface area (Å²) in [5.74, 6) is 0.410. The summed E-state index contributed by atoms with van der Waals surface area (Å²) in [6.45, 7) is 7.36. The van der Waals surface area contributed by atoms with E-state index < -0.39 is 0 Å².